The van der Waals surface area contributed by atoms with Crippen LogP contribution in [0.15, 0.2) is 114 Å². The van der Waals surface area contributed by atoms with E-state index in [0.29, 0.717) is 7.28 Å². The van der Waals surface area contributed by atoms with Gasteiger partial charge >= 0.3 is 0 Å². The summed E-state index contributed by atoms with van der Waals surface area (Å²) in [7, 11) is 0.685. The Morgan fingerprint density at radius 2 is 1.19 bits per heavy atom. The number of thiophene rings is 2. The smallest absolute Gasteiger partial charge is 0.244 e. The van der Waals surface area contributed by atoms with Gasteiger partial charge < -0.3 is 14.3 Å². The van der Waals surface area contributed by atoms with Gasteiger partial charge in [-0.3, -0.25) is 0 Å². The summed E-state index contributed by atoms with van der Waals surface area (Å²) in [5.74, 6) is 0. The third-order valence-electron chi connectivity index (χ3n) is 16.5. The van der Waals surface area contributed by atoms with E-state index in [0.717, 1.165) is 22.6 Å². The lowest BCUT2D eigenvalue weighted by atomic mass is 9.61. The van der Waals surface area contributed by atoms with Crippen molar-refractivity contribution >= 4 is 126 Å². The number of furan rings is 1. The van der Waals surface area contributed by atoms with Crippen LogP contribution in [-0.2, 0) is 27.1 Å². The average Bonchev–Trinajstić information content (AvgIpc) is 4.05. The van der Waals surface area contributed by atoms with E-state index in [4.69, 9.17) is 4.42 Å². The van der Waals surface area contributed by atoms with Crippen molar-refractivity contribution in [1.29, 1.82) is 0 Å². The molecule has 0 spiro atoms. The van der Waals surface area contributed by atoms with E-state index in [1.807, 2.05) is 22.7 Å². The molecule has 1 N–H and O–H groups in total. The van der Waals surface area contributed by atoms with Crippen molar-refractivity contribution in [3.63, 3.8) is 0 Å². The van der Waals surface area contributed by atoms with Crippen molar-refractivity contribution in [1.82, 2.24) is 4.57 Å². The van der Waals surface area contributed by atoms with Gasteiger partial charge in [0, 0.05) is 73.4 Å². The third kappa shape index (κ3) is 6.44. The lowest BCUT2D eigenvalue weighted by Gasteiger charge is -2.41. The highest BCUT2D eigenvalue weighted by Crippen LogP contribution is 2.53. The largest absolute Gasteiger partial charge is 0.469 e. The number of benzene rings is 7. The molecule has 0 bridgehead atoms. The van der Waals surface area contributed by atoms with Crippen LogP contribution in [0.2, 0.25) is 0 Å². The van der Waals surface area contributed by atoms with E-state index < -0.39 is 0 Å². The highest BCUT2D eigenvalue weighted by Gasteiger charge is 2.39. The molecule has 3 nitrogen and oxygen atoms in total. The van der Waals surface area contributed by atoms with Gasteiger partial charge in [0.1, 0.15) is 5.58 Å². The van der Waals surface area contributed by atoms with Crippen LogP contribution in [0.3, 0.4) is 0 Å². The summed E-state index contributed by atoms with van der Waals surface area (Å²) < 4.78 is 15.1. The minimum Gasteiger partial charge on any atom is -0.469 e. The third-order valence-corrected chi connectivity index (χ3v) is 18.8. The molecule has 0 saturated carbocycles. The molecular formula is C64H63BN2OS2. The highest BCUT2D eigenvalue weighted by molar-refractivity contribution is 7.27. The van der Waals surface area contributed by atoms with Gasteiger partial charge in [-0.25, -0.2) is 0 Å². The fourth-order valence-corrected chi connectivity index (χ4v) is 14.7. The average molecular weight is 951 g/mol. The molecule has 0 unspecified atom stereocenters. The zero-order chi connectivity index (χ0) is 48.8. The summed E-state index contributed by atoms with van der Waals surface area (Å²) in [6, 6.07) is 42.7. The number of anilines is 2. The molecule has 2 aliphatic rings. The van der Waals surface area contributed by atoms with E-state index >= 15 is 0 Å². The number of rotatable bonds is 3. The molecule has 1 aliphatic carbocycles. The van der Waals surface area contributed by atoms with Crippen LogP contribution < -0.4 is 16.4 Å². The molecule has 0 radical (unpaired) electrons. The summed E-state index contributed by atoms with van der Waals surface area (Å²) in [6.07, 6.45) is 2.39. The summed E-state index contributed by atoms with van der Waals surface area (Å²) in [6.45, 7) is 30.6. The van der Waals surface area contributed by atoms with Crippen LogP contribution in [0.4, 0.5) is 11.4 Å². The van der Waals surface area contributed by atoms with Crippen LogP contribution in [0.5, 0.6) is 0 Å². The van der Waals surface area contributed by atoms with Crippen molar-refractivity contribution in [3.8, 4) is 16.8 Å². The molecule has 350 valence electrons. The van der Waals surface area contributed by atoms with Gasteiger partial charge in [0.05, 0.1) is 22.4 Å². The van der Waals surface area contributed by atoms with Crippen LogP contribution in [-0.4, -0.2) is 11.8 Å². The second kappa shape index (κ2) is 14.4. The maximum atomic E-state index is 7.14. The van der Waals surface area contributed by atoms with E-state index in [2.05, 4.69) is 209 Å². The minimum atomic E-state index is -0.0178. The highest BCUT2D eigenvalue weighted by atomic mass is 32.1. The molecule has 4 aromatic heterocycles. The number of hydrogen-bond donors (Lipinski definition) is 1. The Balaban J connectivity index is 1.19. The fourth-order valence-electron chi connectivity index (χ4n) is 12.2. The maximum Gasteiger partial charge on any atom is 0.244 e. The topological polar surface area (TPSA) is 30.1 Å². The first-order valence-corrected chi connectivity index (χ1v) is 27.1. The van der Waals surface area contributed by atoms with Crippen molar-refractivity contribution in [3.05, 3.63) is 137 Å². The van der Waals surface area contributed by atoms with Crippen LogP contribution >= 0.6 is 22.7 Å². The monoisotopic (exact) mass is 950 g/mol. The van der Waals surface area contributed by atoms with Crippen LogP contribution in [0.25, 0.3) is 89.9 Å². The second-order valence-electron chi connectivity index (χ2n) is 25.3. The normalized spacial score (nSPS) is 15.7. The number of fused-ring (bicyclic) bond motifs is 15. The van der Waals surface area contributed by atoms with E-state index in [-0.39, 0.29) is 27.1 Å². The van der Waals surface area contributed by atoms with Gasteiger partial charge in [0.25, 0.3) is 0 Å². The fraction of sp³-hybridized carbons (Fsp3) is 0.312. The quantitative estimate of drug-likeness (QED) is 0.179. The van der Waals surface area contributed by atoms with Gasteiger partial charge in [-0.15, -0.1) is 22.7 Å². The summed E-state index contributed by atoms with van der Waals surface area (Å²) >= 11 is 3.92. The van der Waals surface area contributed by atoms with E-state index in [1.54, 1.807) is 0 Å². The Hall–Kier alpha value is -5.82. The standard InChI is InChI=1S/C64H63BN2OS2/c1-60(2,3)34-18-22-37(23-19-34)66-46-31-40-39-30-44-45(64(12,13)27-26-63(44,10)11)33-51(39)69-50(40)32-41(46)52-53-38-16-14-15-17-49(38)70-58(53)54-42-28-35(61(4,5)6)20-24-47(42)67-56-43-29-36(62(7,8)9)21-25-48(43)68-59(56)65-55(52)57(54)67/h14-25,28-33,65-66H,26-27H2,1-13H3. The molecule has 1 aliphatic heterocycles. The first kappa shape index (κ1) is 44.1. The van der Waals surface area contributed by atoms with E-state index in [1.165, 1.54) is 130 Å². The zero-order valence-corrected chi connectivity index (χ0v) is 44.8. The lowest BCUT2D eigenvalue weighted by Crippen LogP contribution is -2.36. The molecule has 5 heterocycles. The Morgan fingerprint density at radius 3 is 1.89 bits per heavy atom. The van der Waals surface area contributed by atoms with Crippen molar-refractivity contribution in [2.24, 2.45) is 0 Å². The SMILES string of the molecule is CC(C)(C)c1ccc(Nc2cc3c(cc2-c2c4c5c(c6cc(C(C)(C)C)ccc6n5-c5c(oc6ccc(C(C)(C)C)cc56)B4)c4sc5ccccc5c24)sc2cc4c(cc23)C(C)(C)CCC4(C)C)cc1. The zero-order valence-electron chi connectivity index (χ0n) is 43.2. The molecule has 0 saturated heterocycles. The summed E-state index contributed by atoms with van der Waals surface area (Å²) in [4.78, 5) is 0. The van der Waals surface area contributed by atoms with Crippen molar-refractivity contribution < 1.29 is 4.42 Å². The lowest BCUT2D eigenvalue weighted by molar-refractivity contribution is 0.332. The van der Waals surface area contributed by atoms with Gasteiger partial charge in [-0.2, -0.15) is 0 Å². The molecule has 6 heteroatoms. The van der Waals surface area contributed by atoms with Crippen LogP contribution in [0, 0.1) is 0 Å². The number of nitrogens with zero attached hydrogens (tertiary/aromatic N) is 1. The Morgan fingerprint density at radius 1 is 0.571 bits per heavy atom. The maximum absolute atomic E-state index is 7.14. The molecule has 70 heavy (non-hydrogen) atoms. The Kier molecular flexibility index (Phi) is 9.09. The van der Waals surface area contributed by atoms with E-state index in [9.17, 15) is 0 Å². The second-order valence-corrected chi connectivity index (χ2v) is 27.5. The molecule has 0 amide bonds. The molecule has 11 aromatic rings. The van der Waals surface area contributed by atoms with Crippen molar-refractivity contribution in [2.75, 3.05) is 5.32 Å². The van der Waals surface area contributed by atoms with Gasteiger partial charge in [0.2, 0.25) is 7.28 Å². The molecule has 7 aromatic carbocycles. The molecule has 13 rings (SSSR count). The number of nitrogens with one attached hydrogen (secondary N) is 1. The summed E-state index contributed by atoms with van der Waals surface area (Å²) in [5, 5.41) is 13.3. The van der Waals surface area contributed by atoms with Crippen molar-refractivity contribution in [2.45, 2.75) is 130 Å². The van der Waals surface area contributed by atoms with Gasteiger partial charge in [0.15, 0.2) is 0 Å². The molecular weight excluding hydrogens is 888 g/mol. The first-order chi connectivity index (χ1) is 33.0. The number of hydrogen-bond acceptors (Lipinski definition) is 4. The predicted molar refractivity (Wildman–Crippen MR) is 309 cm³/mol. The number of aromatic nitrogens is 1. The summed E-state index contributed by atoms with van der Waals surface area (Å²) in [5.41, 5.74) is 19.1. The Bertz CT molecular complexity index is 4050. The van der Waals surface area contributed by atoms with Gasteiger partial charge in [-0.05, 0) is 145 Å². The first-order valence-electron chi connectivity index (χ1n) is 25.5. The Labute approximate surface area is 421 Å². The molecule has 0 atom stereocenters. The predicted octanol–water partition coefficient (Wildman–Crippen LogP) is 17.6. The molecule has 0 fully saturated rings. The van der Waals surface area contributed by atoms with Gasteiger partial charge in [-0.1, -0.05) is 132 Å². The van der Waals surface area contributed by atoms with Crippen LogP contribution in [0.1, 0.15) is 131 Å². The minimum absolute atomic E-state index is 0.00947.